The third-order valence-electron chi connectivity index (χ3n) is 2.31. The van der Waals surface area contributed by atoms with Crippen LogP contribution in [0.2, 0.25) is 10.2 Å². The molecule has 0 bridgehead atoms. The van der Waals surface area contributed by atoms with Crippen LogP contribution in [0.3, 0.4) is 0 Å². The van der Waals surface area contributed by atoms with Crippen LogP contribution in [0.5, 0.6) is 0 Å². The Morgan fingerprint density at radius 2 is 2.00 bits per heavy atom. The molecule has 94 valence electrons. The Morgan fingerprint density at radius 3 is 2.72 bits per heavy atom. The lowest BCUT2D eigenvalue weighted by Crippen LogP contribution is -2.22. The summed E-state index contributed by atoms with van der Waals surface area (Å²) in [5.41, 5.74) is -0.586. The molecule has 7 heteroatoms. The van der Waals surface area contributed by atoms with E-state index < -0.39 is 17.2 Å². The van der Waals surface area contributed by atoms with E-state index in [-0.39, 0.29) is 22.3 Å². The maximum absolute atomic E-state index is 13.4. The molecule has 18 heavy (non-hydrogen) atoms. The Bertz CT molecular complexity index is 658. The fourth-order valence-corrected chi connectivity index (χ4v) is 1.69. The largest absolute Gasteiger partial charge is 0.293 e. The van der Waals surface area contributed by atoms with Gasteiger partial charge in [-0.2, -0.15) is 0 Å². The van der Waals surface area contributed by atoms with Crippen molar-refractivity contribution in [2.45, 2.75) is 6.54 Å². The van der Waals surface area contributed by atoms with E-state index in [2.05, 4.69) is 4.98 Å². The lowest BCUT2D eigenvalue weighted by atomic mass is 10.2. The molecule has 0 radical (unpaired) electrons. The minimum atomic E-state index is -1.00. The molecule has 0 amide bonds. The van der Waals surface area contributed by atoms with Gasteiger partial charge in [-0.3, -0.25) is 9.36 Å². The number of hydrogen-bond acceptors (Lipinski definition) is 2. The van der Waals surface area contributed by atoms with Gasteiger partial charge in [0.05, 0.1) is 12.9 Å². The van der Waals surface area contributed by atoms with Crippen LogP contribution in [0.4, 0.5) is 8.78 Å². The van der Waals surface area contributed by atoms with E-state index in [0.29, 0.717) is 0 Å². The number of rotatable bonds is 2. The molecular weight excluding hydrogens is 285 g/mol. The first-order valence-corrected chi connectivity index (χ1v) is 5.59. The van der Waals surface area contributed by atoms with Crippen molar-refractivity contribution >= 4 is 23.2 Å². The van der Waals surface area contributed by atoms with E-state index in [1.165, 1.54) is 12.1 Å². The zero-order chi connectivity index (χ0) is 13.3. The molecule has 0 saturated heterocycles. The average molecular weight is 291 g/mol. The summed E-state index contributed by atoms with van der Waals surface area (Å²) >= 11 is 11.2. The van der Waals surface area contributed by atoms with E-state index >= 15 is 0 Å². The third kappa shape index (κ3) is 2.37. The van der Waals surface area contributed by atoms with Crippen LogP contribution in [0.1, 0.15) is 5.56 Å². The molecule has 0 N–H and O–H groups in total. The van der Waals surface area contributed by atoms with Crippen LogP contribution in [-0.2, 0) is 6.54 Å². The van der Waals surface area contributed by atoms with Crippen molar-refractivity contribution in [2.24, 2.45) is 0 Å². The number of halogens is 4. The Kier molecular flexibility index (Phi) is 3.63. The Morgan fingerprint density at radius 1 is 1.28 bits per heavy atom. The molecule has 0 unspecified atom stereocenters. The predicted octanol–water partition coefficient (Wildman–Crippen LogP) is 2.88. The average Bonchev–Trinajstić information content (AvgIpc) is 2.35. The molecule has 2 aromatic rings. The van der Waals surface area contributed by atoms with Crippen molar-refractivity contribution in [2.75, 3.05) is 0 Å². The van der Waals surface area contributed by atoms with Crippen molar-refractivity contribution < 1.29 is 8.78 Å². The van der Waals surface area contributed by atoms with Crippen molar-refractivity contribution in [1.82, 2.24) is 9.55 Å². The van der Waals surface area contributed by atoms with Gasteiger partial charge in [-0.05, 0) is 6.07 Å². The van der Waals surface area contributed by atoms with E-state index in [1.807, 2.05) is 0 Å². The van der Waals surface area contributed by atoms with Crippen LogP contribution in [0.15, 0.2) is 29.3 Å². The van der Waals surface area contributed by atoms with Crippen LogP contribution in [0, 0.1) is 11.6 Å². The van der Waals surface area contributed by atoms with Gasteiger partial charge in [-0.15, -0.1) is 0 Å². The SMILES string of the molecule is O=c1c(Cl)c(Cl)ncn1Cc1cccc(F)c1F. The predicted molar refractivity (Wildman–Crippen MR) is 64.0 cm³/mol. The molecule has 1 aromatic heterocycles. The highest BCUT2D eigenvalue weighted by molar-refractivity contribution is 6.40. The monoisotopic (exact) mass is 290 g/mol. The molecular formula is C11H6Cl2F2N2O. The first kappa shape index (κ1) is 13.0. The van der Waals surface area contributed by atoms with E-state index in [9.17, 15) is 13.6 Å². The Hall–Kier alpha value is -1.46. The molecule has 0 aliphatic carbocycles. The molecule has 0 aliphatic rings. The summed E-state index contributed by atoms with van der Waals surface area (Å²) in [6.45, 7) is -0.174. The van der Waals surface area contributed by atoms with Crippen LogP contribution < -0.4 is 5.56 Å². The molecule has 2 rings (SSSR count). The van der Waals surface area contributed by atoms with Gasteiger partial charge >= 0.3 is 0 Å². The highest BCUT2D eigenvalue weighted by Crippen LogP contribution is 2.15. The number of nitrogens with zero attached hydrogens (tertiary/aromatic N) is 2. The summed E-state index contributed by atoms with van der Waals surface area (Å²) in [7, 11) is 0. The minimum Gasteiger partial charge on any atom is -0.293 e. The van der Waals surface area contributed by atoms with Gasteiger partial charge in [0.15, 0.2) is 16.8 Å². The van der Waals surface area contributed by atoms with E-state index in [4.69, 9.17) is 23.2 Å². The second kappa shape index (κ2) is 5.04. The van der Waals surface area contributed by atoms with E-state index in [0.717, 1.165) is 17.0 Å². The van der Waals surface area contributed by atoms with Gasteiger partial charge in [0.2, 0.25) is 0 Å². The van der Waals surface area contributed by atoms with Crippen molar-refractivity contribution in [3.63, 3.8) is 0 Å². The maximum Gasteiger partial charge on any atom is 0.273 e. The summed E-state index contributed by atoms with van der Waals surface area (Å²) in [5.74, 6) is -1.98. The zero-order valence-electron chi connectivity index (χ0n) is 8.83. The van der Waals surface area contributed by atoms with Gasteiger partial charge in [-0.1, -0.05) is 35.3 Å². The zero-order valence-corrected chi connectivity index (χ0v) is 10.3. The number of aromatic nitrogens is 2. The molecule has 0 fully saturated rings. The molecule has 0 saturated carbocycles. The van der Waals surface area contributed by atoms with Gasteiger partial charge in [0.1, 0.15) is 5.02 Å². The summed E-state index contributed by atoms with van der Waals surface area (Å²) < 4.78 is 27.5. The maximum atomic E-state index is 13.4. The second-order valence-corrected chi connectivity index (χ2v) is 4.23. The fourth-order valence-electron chi connectivity index (χ4n) is 1.41. The normalized spacial score (nSPS) is 10.7. The third-order valence-corrected chi connectivity index (χ3v) is 3.04. The van der Waals surface area contributed by atoms with Gasteiger partial charge in [0, 0.05) is 5.56 Å². The first-order chi connectivity index (χ1) is 8.50. The standard InChI is InChI=1S/C11H6Cl2F2N2O/c12-8-10(13)16-5-17(11(8)18)4-6-2-1-3-7(14)9(6)15/h1-3,5H,4H2. The topological polar surface area (TPSA) is 34.9 Å². The smallest absolute Gasteiger partial charge is 0.273 e. The van der Waals surface area contributed by atoms with Crippen molar-refractivity contribution in [3.05, 3.63) is 62.3 Å². The van der Waals surface area contributed by atoms with Crippen molar-refractivity contribution in [3.8, 4) is 0 Å². The first-order valence-electron chi connectivity index (χ1n) is 4.84. The summed E-state index contributed by atoms with van der Waals surface area (Å²) in [5, 5.41) is -0.381. The molecule has 0 aliphatic heterocycles. The fraction of sp³-hybridized carbons (Fsp3) is 0.0909. The Labute approximate surface area is 111 Å². The van der Waals surface area contributed by atoms with Crippen LogP contribution in [-0.4, -0.2) is 9.55 Å². The molecule has 0 spiro atoms. The second-order valence-electron chi connectivity index (χ2n) is 3.50. The molecule has 1 aromatic carbocycles. The van der Waals surface area contributed by atoms with Crippen LogP contribution in [0.25, 0.3) is 0 Å². The summed E-state index contributed by atoms with van der Waals surface area (Å²) in [4.78, 5) is 15.3. The van der Waals surface area contributed by atoms with E-state index in [1.54, 1.807) is 0 Å². The van der Waals surface area contributed by atoms with Crippen LogP contribution >= 0.6 is 23.2 Å². The number of hydrogen-bond donors (Lipinski definition) is 0. The Balaban J connectivity index is 2.44. The number of benzene rings is 1. The molecule has 3 nitrogen and oxygen atoms in total. The van der Waals surface area contributed by atoms with Gasteiger partial charge < -0.3 is 0 Å². The minimum absolute atomic E-state index is 0.0253. The summed E-state index contributed by atoms with van der Waals surface area (Å²) in [6, 6.07) is 3.71. The summed E-state index contributed by atoms with van der Waals surface area (Å²) in [6.07, 6.45) is 1.13. The van der Waals surface area contributed by atoms with Gasteiger partial charge in [-0.25, -0.2) is 13.8 Å². The molecule has 0 atom stereocenters. The van der Waals surface area contributed by atoms with Crippen molar-refractivity contribution in [1.29, 1.82) is 0 Å². The lowest BCUT2D eigenvalue weighted by Gasteiger charge is -2.07. The highest BCUT2D eigenvalue weighted by Gasteiger charge is 2.11. The highest BCUT2D eigenvalue weighted by atomic mass is 35.5. The molecule has 1 heterocycles. The van der Waals surface area contributed by atoms with Gasteiger partial charge in [0.25, 0.3) is 5.56 Å². The lowest BCUT2D eigenvalue weighted by molar-refractivity contribution is 0.494. The quantitative estimate of drug-likeness (QED) is 0.797.